The first-order valence-corrected chi connectivity index (χ1v) is 11.6. The van der Waals surface area contributed by atoms with Gasteiger partial charge in [0.15, 0.2) is 0 Å². The van der Waals surface area contributed by atoms with E-state index in [0.717, 1.165) is 43.4 Å². The van der Waals surface area contributed by atoms with Gasteiger partial charge in [0.1, 0.15) is 5.75 Å². The van der Waals surface area contributed by atoms with Gasteiger partial charge in [0.2, 0.25) is 21.7 Å². The highest BCUT2D eigenvalue weighted by Gasteiger charge is 2.33. The summed E-state index contributed by atoms with van der Waals surface area (Å²) in [4.78, 5) is 4.74. The average Bonchev–Trinajstić information content (AvgIpc) is 3.27. The third kappa shape index (κ3) is 4.39. The van der Waals surface area contributed by atoms with Gasteiger partial charge in [0.05, 0.1) is 18.6 Å². The molecule has 1 aromatic heterocycles. The fraction of sp³-hybridized carbons (Fsp3) is 0.364. The van der Waals surface area contributed by atoms with Gasteiger partial charge in [-0.15, -0.1) is 0 Å². The highest BCUT2D eigenvalue weighted by Crippen LogP contribution is 2.29. The Morgan fingerprint density at radius 1 is 1.03 bits per heavy atom. The molecular formula is C22H25N3O4S. The van der Waals surface area contributed by atoms with Gasteiger partial charge in [-0.2, -0.15) is 9.29 Å². The van der Waals surface area contributed by atoms with Crippen molar-refractivity contribution in [1.82, 2.24) is 14.4 Å². The lowest BCUT2D eigenvalue weighted by molar-refractivity contribution is 0.223. The fourth-order valence-electron chi connectivity index (χ4n) is 3.82. The van der Waals surface area contributed by atoms with Crippen molar-refractivity contribution in [3.63, 3.8) is 0 Å². The van der Waals surface area contributed by atoms with E-state index in [1.165, 1.54) is 4.31 Å². The molecule has 0 radical (unpaired) electrons. The molecule has 3 aromatic rings. The molecule has 0 unspecified atom stereocenters. The minimum absolute atomic E-state index is 0.0606. The van der Waals surface area contributed by atoms with Crippen molar-refractivity contribution in [3.05, 3.63) is 60.5 Å². The highest BCUT2D eigenvalue weighted by atomic mass is 32.2. The summed E-state index contributed by atoms with van der Waals surface area (Å²) in [6, 6.07) is 15.8. The highest BCUT2D eigenvalue weighted by molar-refractivity contribution is 7.89. The second-order valence-corrected chi connectivity index (χ2v) is 9.29. The number of benzene rings is 2. The first kappa shape index (κ1) is 20.6. The molecule has 1 saturated carbocycles. The third-order valence-electron chi connectivity index (χ3n) is 5.44. The summed E-state index contributed by atoms with van der Waals surface area (Å²) < 4.78 is 38.9. The van der Waals surface area contributed by atoms with Crippen LogP contribution in [-0.4, -0.2) is 36.0 Å². The molecule has 2 aromatic carbocycles. The number of aromatic nitrogens is 2. The Bertz CT molecular complexity index is 1060. The van der Waals surface area contributed by atoms with Crippen LogP contribution in [0.1, 0.15) is 38.0 Å². The zero-order valence-corrected chi connectivity index (χ0v) is 17.7. The Balaban J connectivity index is 1.61. The van der Waals surface area contributed by atoms with Crippen molar-refractivity contribution < 1.29 is 17.7 Å². The summed E-state index contributed by atoms with van der Waals surface area (Å²) >= 11 is 0. The number of methoxy groups -OCH3 is 1. The van der Waals surface area contributed by atoms with Crippen molar-refractivity contribution >= 4 is 10.0 Å². The number of nitrogens with zero attached hydrogens (tertiary/aromatic N) is 3. The molecule has 30 heavy (non-hydrogen) atoms. The first-order valence-electron chi connectivity index (χ1n) is 10.1. The Hall–Kier alpha value is -2.71. The summed E-state index contributed by atoms with van der Waals surface area (Å²) in [7, 11) is -2.07. The SMILES string of the molecule is COc1ccc(-c2noc(CN(C3CCCCC3)S(=O)(=O)c3ccccc3)n2)cc1. The topological polar surface area (TPSA) is 85.5 Å². The fourth-order valence-corrected chi connectivity index (χ4v) is 5.47. The number of rotatable bonds is 7. The van der Waals surface area contributed by atoms with Crippen molar-refractivity contribution in [2.45, 2.75) is 49.6 Å². The summed E-state index contributed by atoms with van der Waals surface area (Å²) in [5.74, 6) is 1.44. The van der Waals surface area contributed by atoms with E-state index in [-0.39, 0.29) is 23.4 Å². The molecule has 0 aliphatic heterocycles. The quantitative estimate of drug-likeness (QED) is 0.560. The van der Waals surface area contributed by atoms with Gasteiger partial charge in [-0.3, -0.25) is 0 Å². The largest absolute Gasteiger partial charge is 0.497 e. The second kappa shape index (κ2) is 8.97. The summed E-state index contributed by atoms with van der Waals surface area (Å²) in [6.45, 7) is 0.0606. The van der Waals surface area contributed by atoms with Crippen molar-refractivity contribution in [3.8, 4) is 17.1 Å². The molecule has 1 heterocycles. The Kier molecular flexibility index (Phi) is 6.15. The van der Waals surface area contributed by atoms with Crippen molar-refractivity contribution in [2.75, 3.05) is 7.11 Å². The Labute approximate surface area is 176 Å². The molecule has 0 N–H and O–H groups in total. The molecule has 158 valence electrons. The molecule has 0 spiro atoms. The van der Waals surface area contributed by atoms with Crippen molar-refractivity contribution in [2.24, 2.45) is 0 Å². The predicted molar refractivity (Wildman–Crippen MR) is 112 cm³/mol. The molecule has 0 saturated heterocycles. The van der Waals surface area contributed by atoms with Crippen LogP contribution in [0.4, 0.5) is 0 Å². The molecule has 7 nitrogen and oxygen atoms in total. The van der Waals surface area contributed by atoms with E-state index in [1.54, 1.807) is 31.4 Å². The molecule has 1 aliphatic carbocycles. The Morgan fingerprint density at radius 2 is 1.73 bits per heavy atom. The second-order valence-electron chi connectivity index (χ2n) is 7.40. The lowest BCUT2D eigenvalue weighted by atomic mass is 9.95. The maximum atomic E-state index is 13.4. The molecule has 8 heteroatoms. The smallest absolute Gasteiger partial charge is 0.243 e. The molecular weight excluding hydrogens is 402 g/mol. The normalized spacial score (nSPS) is 15.4. The van der Waals surface area contributed by atoms with Crippen LogP contribution >= 0.6 is 0 Å². The van der Waals surface area contributed by atoms with Crippen LogP contribution in [-0.2, 0) is 16.6 Å². The standard InChI is InChI=1S/C22H25N3O4S/c1-28-19-14-12-17(13-15-19)22-23-21(29-24-22)16-25(18-8-4-2-5-9-18)30(26,27)20-10-6-3-7-11-20/h3,6-7,10-15,18H,2,4-5,8-9,16H2,1H3. The zero-order valence-electron chi connectivity index (χ0n) is 16.9. The first-order chi connectivity index (χ1) is 14.6. The van der Waals surface area contributed by atoms with Crippen LogP contribution < -0.4 is 4.74 Å². The maximum Gasteiger partial charge on any atom is 0.243 e. The van der Waals surface area contributed by atoms with Crippen molar-refractivity contribution in [1.29, 1.82) is 0 Å². The maximum absolute atomic E-state index is 13.4. The lowest BCUT2D eigenvalue weighted by Crippen LogP contribution is -2.41. The van der Waals surface area contributed by atoms with Crippen LogP contribution in [0.25, 0.3) is 11.4 Å². The average molecular weight is 428 g/mol. The minimum atomic E-state index is -3.67. The number of hydrogen-bond acceptors (Lipinski definition) is 6. The van der Waals surface area contributed by atoms with Gasteiger partial charge in [-0.1, -0.05) is 42.6 Å². The number of ether oxygens (including phenoxy) is 1. The predicted octanol–water partition coefficient (Wildman–Crippen LogP) is 4.27. The molecule has 0 amide bonds. The van der Waals surface area contributed by atoms with E-state index in [9.17, 15) is 8.42 Å². The minimum Gasteiger partial charge on any atom is -0.497 e. The van der Waals surface area contributed by atoms with Gasteiger partial charge < -0.3 is 9.26 Å². The van der Waals surface area contributed by atoms with E-state index < -0.39 is 10.0 Å². The monoisotopic (exact) mass is 427 g/mol. The van der Waals surface area contributed by atoms with E-state index in [0.29, 0.717) is 5.82 Å². The van der Waals surface area contributed by atoms with Crippen LogP contribution in [0, 0.1) is 0 Å². The number of sulfonamides is 1. The van der Waals surface area contributed by atoms with Gasteiger partial charge in [0, 0.05) is 11.6 Å². The Morgan fingerprint density at radius 3 is 2.40 bits per heavy atom. The summed E-state index contributed by atoms with van der Waals surface area (Å²) in [5, 5.41) is 4.05. The van der Waals surface area contributed by atoms with E-state index in [4.69, 9.17) is 9.26 Å². The molecule has 0 atom stereocenters. The summed E-state index contributed by atoms with van der Waals surface area (Å²) in [5.41, 5.74) is 0.779. The molecule has 1 fully saturated rings. The van der Waals surface area contributed by atoms with Gasteiger partial charge >= 0.3 is 0 Å². The van der Waals surface area contributed by atoms with E-state index in [1.807, 2.05) is 30.3 Å². The molecule has 0 bridgehead atoms. The van der Waals surface area contributed by atoms with Gasteiger partial charge in [-0.25, -0.2) is 8.42 Å². The van der Waals surface area contributed by atoms with Gasteiger partial charge in [-0.05, 0) is 49.2 Å². The van der Waals surface area contributed by atoms with E-state index in [2.05, 4.69) is 10.1 Å². The van der Waals surface area contributed by atoms with Crippen LogP contribution in [0.2, 0.25) is 0 Å². The van der Waals surface area contributed by atoms with E-state index >= 15 is 0 Å². The molecule has 1 aliphatic rings. The third-order valence-corrected chi connectivity index (χ3v) is 7.35. The zero-order chi connectivity index (χ0) is 21.0. The summed E-state index contributed by atoms with van der Waals surface area (Å²) in [6.07, 6.45) is 4.85. The van der Waals surface area contributed by atoms with Crippen LogP contribution in [0.5, 0.6) is 5.75 Å². The van der Waals surface area contributed by atoms with Crippen LogP contribution in [0.15, 0.2) is 64.0 Å². The van der Waals surface area contributed by atoms with Crippen LogP contribution in [0.3, 0.4) is 0 Å². The lowest BCUT2D eigenvalue weighted by Gasteiger charge is -2.32. The van der Waals surface area contributed by atoms with Gasteiger partial charge in [0.25, 0.3) is 0 Å². The molecule has 4 rings (SSSR count). The number of hydrogen-bond donors (Lipinski definition) is 0.